The number of carbonyl (C=O) groups excluding carboxylic acids is 2. The molecule has 5 N–H and O–H groups in total. The Kier molecular flexibility index (Phi) is 8.00. The van der Waals surface area contributed by atoms with Gasteiger partial charge in [0.1, 0.15) is 18.1 Å². The van der Waals surface area contributed by atoms with Crippen LogP contribution < -0.4 is 24.3 Å². The zero-order valence-electron chi connectivity index (χ0n) is 31.7. The highest BCUT2D eigenvalue weighted by atomic mass is 32.2. The number of hydrogen-bond donors (Lipinski definition) is 5. The molecule has 15 heteroatoms. The van der Waals surface area contributed by atoms with Crippen molar-refractivity contribution in [2.24, 2.45) is 0 Å². The highest BCUT2D eigenvalue weighted by Gasteiger charge is 2.64. The molecule has 4 aromatic rings. The SMILES string of the molecule is COc1c(C)cc2c(c1O)[C@@H]1C3[C@@H]4SC[C@]5(N[C@@H](CO)Cc6c5[nH]c5ccccc65)C(=O)OCC(c5c6c(c(C)c(OC(C)=O)c54)OCO6)N3[C@@](O)(C2)CN1C. The smallest absolute Gasteiger partial charge is 0.333 e. The molecule has 2 fully saturated rings. The van der Waals surface area contributed by atoms with Gasteiger partial charge in [-0.05, 0) is 50.1 Å². The average Bonchev–Trinajstić information content (AvgIpc) is 3.76. The molecule has 2 saturated heterocycles. The summed E-state index contributed by atoms with van der Waals surface area (Å²) in [6, 6.07) is 7.51. The highest BCUT2D eigenvalue weighted by molar-refractivity contribution is 7.99. The number of aromatic amines is 1. The third-order valence-electron chi connectivity index (χ3n) is 12.8. The number of nitrogens with zero attached hydrogens (tertiary/aromatic N) is 2. The Hall–Kier alpha value is -4.51. The van der Waals surface area contributed by atoms with E-state index in [1.54, 1.807) is 0 Å². The summed E-state index contributed by atoms with van der Waals surface area (Å²) in [6.45, 7) is 4.80. The number of H-pyrrole nitrogens is 1. The van der Waals surface area contributed by atoms with Gasteiger partial charge in [-0.15, -0.1) is 11.8 Å². The van der Waals surface area contributed by atoms with Crippen LogP contribution in [-0.2, 0) is 32.7 Å². The van der Waals surface area contributed by atoms with Crippen molar-refractivity contribution in [3.05, 3.63) is 75.0 Å². The summed E-state index contributed by atoms with van der Waals surface area (Å²) >= 11 is 1.48. The molecule has 8 aliphatic heterocycles. The van der Waals surface area contributed by atoms with Crippen molar-refractivity contribution in [1.29, 1.82) is 0 Å². The number of phenols is 1. The minimum absolute atomic E-state index is 0.0102. The number of para-hydroxylation sites is 1. The number of ether oxygens (including phenoxy) is 5. The van der Waals surface area contributed by atoms with E-state index in [0.717, 1.165) is 27.6 Å². The quantitative estimate of drug-likeness (QED) is 0.151. The van der Waals surface area contributed by atoms with Gasteiger partial charge in [0, 0.05) is 70.9 Å². The molecule has 0 saturated carbocycles. The van der Waals surface area contributed by atoms with Crippen molar-refractivity contribution in [3.63, 3.8) is 0 Å². The van der Waals surface area contributed by atoms with E-state index in [4.69, 9.17) is 23.7 Å². The van der Waals surface area contributed by atoms with E-state index in [-0.39, 0.29) is 44.5 Å². The number of likely N-dealkylation sites (N-methyl/N-ethyl adjacent to an activating group) is 1. The number of carbonyl (C=O) groups is 2. The van der Waals surface area contributed by atoms with E-state index in [1.807, 2.05) is 51.2 Å². The van der Waals surface area contributed by atoms with Gasteiger partial charge in [-0.1, -0.05) is 24.3 Å². The number of phenolic OH excluding ortho intramolecular Hbond substituents is 1. The lowest BCUT2D eigenvalue weighted by atomic mass is 9.78. The summed E-state index contributed by atoms with van der Waals surface area (Å²) in [5.41, 5.74) is 3.60. The van der Waals surface area contributed by atoms with Gasteiger partial charge in [0.05, 0.1) is 36.7 Å². The number of nitrogens with one attached hydrogen (secondary N) is 2. The lowest BCUT2D eigenvalue weighted by Gasteiger charge is -2.60. The number of methoxy groups -OCH3 is 1. The Morgan fingerprint density at radius 1 is 1.11 bits per heavy atom. The van der Waals surface area contributed by atoms with Crippen LogP contribution in [0.3, 0.4) is 0 Å². The van der Waals surface area contributed by atoms with Crippen LogP contribution in [0.15, 0.2) is 30.3 Å². The van der Waals surface area contributed by atoms with Crippen molar-refractivity contribution in [1.82, 2.24) is 20.1 Å². The molecule has 294 valence electrons. The molecule has 1 aromatic heterocycles. The van der Waals surface area contributed by atoms with Crippen molar-refractivity contribution in [2.45, 2.75) is 74.3 Å². The van der Waals surface area contributed by atoms with E-state index < -0.39 is 52.6 Å². The molecule has 12 rings (SSSR count). The van der Waals surface area contributed by atoms with E-state index in [1.165, 1.54) is 25.8 Å². The monoisotopic (exact) mass is 784 g/mol. The molecule has 8 aliphatic rings. The molecule has 3 unspecified atom stereocenters. The molecule has 0 radical (unpaired) electrons. The molecule has 0 amide bonds. The van der Waals surface area contributed by atoms with Crippen LogP contribution in [0.2, 0.25) is 0 Å². The van der Waals surface area contributed by atoms with Crippen molar-refractivity contribution >= 4 is 34.6 Å². The Balaban J connectivity index is 1.26. The number of fused-ring (bicyclic) bond motifs is 8. The maximum atomic E-state index is 15.0. The number of thioether (sulfide) groups is 1. The Labute approximate surface area is 327 Å². The fraction of sp³-hybridized carbons (Fsp3) is 0.463. The van der Waals surface area contributed by atoms with Crippen LogP contribution >= 0.6 is 11.8 Å². The number of benzene rings is 3. The fourth-order valence-corrected chi connectivity index (χ4v) is 12.5. The van der Waals surface area contributed by atoms with Gasteiger partial charge in [-0.25, -0.2) is 4.79 Å². The molecule has 8 atom stereocenters. The van der Waals surface area contributed by atoms with Gasteiger partial charge in [-0.3, -0.25) is 19.9 Å². The summed E-state index contributed by atoms with van der Waals surface area (Å²) < 4.78 is 30.7. The molecule has 4 bridgehead atoms. The fourth-order valence-electron chi connectivity index (χ4n) is 10.8. The zero-order chi connectivity index (χ0) is 39.0. The Morgan fingerprint density at radius 2 is 1.89 bits per heavy atom. The Bertz CT molecular complexity index is 2370. The number of piperazine rings is 1. The summed E-state index contributed by atoms with van der Waals surface area (Å²) in [7, 11) is 3.47. The van der Waals surface area contributed by atoms with Crippen LogP contribution in [0.25, 0.3) is 10.9 Å². The number of aliphatic hydroxyl groups is 2. The summed E-state index contributed by atoms with van der Waals surface area (Å²) in [4.78, 5) is 35.6. The standard InChI is InChI=1S/C41H44N4O10S/c1-18-10-21-12-40(50)15-44(4)30(27(21)32(48)33(18)51-5)31-37-29-28(36-35(53-17-54-36)19(2)34(29)55-20(3)47)26(45(31)40)14-52-39(49)41(16-56-37)38-24(11-22(13-46)43-41)23-8-6-7-9-25(23)42-38/h6-10,22,26,30-31,37,42-43,46,48,50H,11-17H2,1-5H3/t22-,26?,30-,31?,37-,40-,41-/m1/s1. The lowest BCUT2D eigenvalue weighted by molar-refractivity contribution is -0.215. The van der Waals surface area contributed by atoms with Crippen LogP contribution in [0, 0.1) is 13.8 Å². The van der Waals surface area contributed by atoms with Gasteiger partial charge in [0.25, 0.3) is 0 Å². The van der Waals surface area contributed by atoms with Crippen molar-refractivity contribution in [2.75, 3.05) is 46.5 Å². The second-order valence-electron chi connectivity index (χ2n) is 16.0. The number of aromatic hydroxyl groups is 1. The summed E-state index contributed by atoms with van der Waals surface area (Å²) in [6.07, 6.45) is 0.664. The molecule has 14 nitrogen and oxygen atoms in total. The summed E-state index contributed by atoms with van der Waals surface area (Å²) in [5, 5.41) is 39.8. The lowest BCUT2D eigenvalue weighted by Crippen LogP contribution is -2.70. The van der Waals surface area contributed by atoms with E-state index in [9.17, 15) is 24.9 Å². The van der Waals surface area contributed by atoms with Gasteiger partial charge < -0.3 is 44.0 Å². The second-order valence-corrected chi connectivity index (χ2v) is 17.1. The largest absolute Gasteiger partial charge is 0.504 e. The van der Waals surface area contributed by atoms with E-state index >= 15 is 0 Å². The molecule has 56 heavy (non-hydrogen) atoms. The van der Waals surface area contributed by atoms with Crippen molar-refractivity contribution < 1.29 is 48.6 Å². The second kappa shape index (κ2) is 12.5. The minimum Gasteiger partial charge on any atom is -0.504 e. The number of aryl methyl sites for hydroxylation is 1. The van der Waals surface area contributed by atoms with Crippen molar-refractivity contribution in [3.8, 4) is 28.7 Å². The number of aromatic nitrogens is 1. The molecule has 1 spiro atoms. The third kappa shape index (κ3) is 4.75. The maximum absolute atomic E-state index is 15.0. The predicted molar refractivity (Wildman–Crippen MR) is 204 cm³/mol. The van der Waals surface area contributed by atoms with Gasteiger partial charge >= 0.3 is 11.9 Å². The normalized spacial score (nSPS) is 31.3. The molecular formula is C41H44N4O10S. The number of hydrogen-bond acceptors (Lipinski definition) is 14. The topological polar surface area (TPSA) is 175 Å². The minimum atomic E-state index is -1.52. The van der Waals surface area contributed by atoms with Crippen LogP contribution in [0.1, 0.15) is 68.9 Å². The average molecular weight is 785 g/mol. The first-order chi connectivity index (χ1) is 26.9. The first kappa shape index (κ1) is 35.9. The predicted octanol–water partition coefficient (Wildman–Crippen LogP) is 3.54. The van der Waals surface area contributed by atoms with E-state index in [2.05, 4.69) is 20.1 Å². The van der Waals surface area contributed by atoms with Crippen LogP contribution in [-0.4, -0.2) is 106 Å². The van der Waals surface area contributed by atoms with Gasteiger partial charge in [0.15, 0.2) is 28.5 Å². The highest BCUT2D eigenvalue weighted by Crippen LogP contribution is 2.65. The van der Waals surface area contributed by atoms with Gasteiger partial charge in [0.2, 0.25) is 6.79 Å². The maximum Gasteiger partial charge on any atom is 0.333 e. The third-order valence-corrected chi connectivity index (χ3v) is 14.3. The van der Waals surface area contributed by atoms with Crippen LogP contribution in [0.4, 0.5) is 0 Å². The first-order valence-corrected chi connectivity index (χ1v) is 20.0. The molecule has 3 aromatic carbocycles. The number of aliphatic hydroxyl groups excluding tert-OH is 1. The molecule has 0 aliphatic carbocycles. The summed E-state index contributed by atoms with van der Waals surface area (Å²) in [5.74, 6) is 0.674. The van der Waals surface area contributed by atoms with E-state index in [0.29, 0.717) is 57.4 Å². The zero-order valence-corrected chi connectivity index (χ0v) is 32.5. The van der Waals surface area contributed by atoms with Gasteiger partial charge in [-0.2, -0.15) is 0 Å². The molecular weight excluding hydrogens is 741 g/mol. The number of rotatable bonds is 3. The Morgan fingerprint density at radius 3 is 2.66 bits per heavy atom. The number of esters is 2. The molecule has 9 heterocycles. The van der Waals surface area contributed by atoms with Crippen LogP contribution in [0.5, 0.6) is 28.7 Å². The first-order valence-electron chi connectivity index (χ1n) is 18.9.